The summed E-state index contributed by atoms with van der Waals surface area (Å²) < 4.78 is 10.8. The first-order valence-corrected chi connectivity index (χ1v) is 8.10. The van der Waals surface area contributed by atoms with Crippen LogP contribution in [-0.2, 0) is 11.2 Å². The molecular weight excluding hydrogens is 310 g/mol. The number of ether oxygens (including phenoxy) is 2. The molecule has 0 amide bonds. The first kappa shape index (κ1) is 18.3. The summed E-state index contributed by atoms with van der Waals surface area (Å²) >= 11 is 0. The van der Waals surface area contributed by atoms with Crippen molar-refractivity contribution in [1.29, 1.82) is 0 Å². The van der Waals surface area contributed by atoms with E-state index in [2.05, 4.69) is 4.90 Å². The summed E-state index contributed by atoms with van der Waals surface area (Å²) in [5.74, 6) is 0.0761. The number of methoxy groups -OCH3 is 2. The molecule has 0 aromatic heterocycles. The van der Waals surface area contributed by atoms with Gasteiger partial charge in [0.2, 0.25) is 0 Å². The second-order valence-electron chi connectivity index (χ2n) is 5.91. The predicted molar refractivity (Wildman–Crippen MR) is 91.6 cm³/mol. The molecule has 6 heteroatoms. The number of hydrogen-bond acceptors (Lipinski definition) is 5. The summed E-state index contributed by atoms with van der Waals surface area (Å²) in [6.45, 7) is 2.62. The molecule has 2 N–H and O–H groups in total. The number of β-amino-alcohol motifs (C(OH)–C–C–N with tert-alkyl or cyclic N) is 1. The van der Waals surface area contributed by atoms with Gasteiger partial charge in [0.25, 0.3) is 0 Å². The molecule has 6 nitrogen and oxygen atoms in total. The van der Waals surface area contributed by atoms with Gasteiger partial charge < -0.3 is 24.6 Å². The van der Waals surface area contributed by atoms with E-state index >= 15 is 0 Å². The van der Waals surface area contributed by atoms with Crippen molar-refractivity contribution >= 4 is 12.0 Å². The molecule has 0 bridgehead atoms. The molecular formula is C18H25NO5. The van der Waals surface area contributed by atoms with Crippen molar-refractivity contribution in [3.05, 3.63) is 29.3 Å². The van der Waals surface area contributed by atoms with Gasteiger partial charge in [0.1, 0.15) is 0 Å². The van der Waals surface area contributed by atoms with Gasteiger partial charge in [-0.05, 0) is 43.6 Å². The minimum absolute atomic E-state index is 0.371. The van der Waals surface area contributed by atoms with Crippen LogP contribution < -0.4 is 9.47 Å². The highest BCUT2D eigenvalue weighted by atomic mass is 16.5. The third kappa shape index (κ3) is 4.72. The average Bonchev–Trinajstić information content (AvgIpc) is 3.05. The molecule has 132 valence electrons. The van der Waals surface area contributed by atoms with Crippen LogP contribution in [0.1, 0.15) is 24.0 Å². The van der Waals surface area contributed by atoms with Gasteiger partial charge in [-0.25, -0.2) is 4.79 Å². The lowest BCUT2D eigenvalue weighted by atomic mass is 9.98. The molecule has 0 aliphatic carbocycles. The van der Waals surface area contributed by atoms with E-state index in [1.165, 1.54) is 18.9 Å². The highest BCUT2D eigenvalue weighted by Crippen LogP contribution is 2.35. The molecule has 0 saturated carbocycles. The van der Waals surface area contributed by atoms with E-state index in [0.717, 1.165) is 24.7 Å². The number of carbonyl (C=O) groups is 1. The Labute approximate surface area is 142 Å². The first-order chi connectivity index (χ1) is 11.5. The zero-order valence-corrected chi connectivity index (χ0v) is 14.2. The molecule has 0 radical (unpaired) electrons. The van der Waals surface area contributed by atoms with Crippen LogP contribution in [0.15, 0.2) is 18.2 Å². The molecule has 2 rings (SSSR count). The zero-order chi connectivity index (χ0) is 17.5. The minimum atomic E-state index is -1.02. The Morgan fingerprint density at radius 3 is 2.58 bits per heavy atom. The summed E-state index contributed by atoms with van der Waals surface area (Å²) in [4.78, 5) is 13.1. The van der Waals surface area contributed by atoms with E-state index < -0.39 is 12.1 Å². The summed E-state index contributed by atoms with van der Waals surface area (Å²) in [5, 5.41) is 19.3. The van der Waals surface area contributed by atoms with Crippen molar-refractivity contribution in [2.45, 2.75) is 25.4 Å². The molecule has 1 aromatic carbocycles. The highest BCUT2D eigenvalue weighted by Gasteiger charge is 2.20. The van der Waals surface area contributed by atoms with Crippen molar-refractivity contribution < 1.29 is 24.5 Å². The van der Waals surface area contributed by atoms with Crippen LogP contribution in [0.5, 0.6) is 11.5 Å². The maximum atomic E-state index is 10.8. The molecule has 24 heavy (non-hydrogen) atoms. The van der Waals surface area contributed by atoms with Crippen LogP contribution >= 0.6 is 0 Å². The third-order valence-electron chi connectivity index (χ3n) is 4.20. The van der Waals surface area contributed by atoms with Gasteiger partial charge in [0.15, 0.2) is 11.5 Å². The number of hydrogen-bond donors (Lipinski definition) is 2. The quantitative estimate of drug-likeness (QED) is 0.705. The number of aliphatic hydroxyl groups is 1. The molecule has 1 saturated heterocycles. The Morgan fingerprint density at radius 2 is 2.00 bits per heavy atom. The minimum Gasteiger partial charge on any atom is -0.493 e. The average molecular weight is 335 g/mol. The number of carboxylic acids is 1. The Hall–Kier alpha value is -2.05. The Bertz CT molecular complexity index is 593. The fraction of sp³-hybridized carbons (Fsp3) is 0.500. The third-order valence-corrected chi connectivity index (χ3v) is 4.20. The Kier molecular flexibility index (Phi) is 6.63. The van der Waals surface area contributed by atoms with Gasteiger partial charge in [0.05, 0.1) is 20.3 Å². The first-order valence-electron chi connectivity index (χ1n) is 8.10. The lowest BCUT2D eigenvalue weighted by Gasteiger charge is -2.22. The second-order valence-corrected chi connectivity index (χ2v) is 5.91. The summed E-state index contributed by atoms with van der Waals surface area (Å²) in [5.41, 5.74) is 1.46. The highest BCUT2D eigenvalue weighted by molar-refractivity contribution is 5.86. The molecule has 0 spiro atoms. The number of aliphatic carboxylic acids is 1. The lowest BCUT2D eigenvalue weighted by Crippen LogP contribution is -2.31. The second kappa shape index (κ2) is 8.70. The maximum absolute atomic E-state index is 10.8. The number of likely N-dealkylation sites (tertiary alicyclic amines) is 1. The Morgan fingerprint density at radius 1 is 1.29 bits per heavy atom. The molecule has 1 heterocycles. The van der Waals surface area contributed by atoms with E-state index in [0.29, 0.717) is 30.0 Å². The predicted octanol–water partition coefficient (Wildman–Crippen LogP) is 1.80. The van der Waals surface area contributed by atoms with Gasteiger partial charge in [0, 0.05) is 24.6 Å². The fourth-order valence-electron chi connectivity index (χ4n) is 3.10. The maximum Gasteiger partial charge on any atom is 0.328 e. The van der Waals surface area contributed by atoms with E-state index in [-0.39, 0.29) is 0 Å². The van der Waals surface area contributed by atoms with Crippen LogP contribution in [-0.4, -0.2) is 61.0 Å². The Balaban J connectivity index is 2.26. The van der Waals surface area contributed by atoms with Gasteiger partial charge in [-0.3, -0.25) is 0 Å². The van der Waals surface area contributed by atoms with Crippen molar-refractivity contribution in [2.75, 3.05) is 33.9 Å². The molecule has 1 aliphatic rings. The molecule has 1 aromatic rings. The van der Waals surface area contributed by atoms with E-state index in [4.69, 9.17) is 14.6 Å². The SMILES string of the molecule is COc1ccc(/C=C/C(=O)O)c(CC(O)CN2CCCC2)c1OC. The number of rotatable bonds is 8. The normalized spacial score (nSPS) is 16.5. The van der Waals surface area contributed by atoms with E-state index in [1.807, 2.05) is 0 Å². The van der Waals surface area contributed by atoms with E-state index in [9.17, 15) is 9.90 Å². The van der Waals surface area contributed by atoms with Gasteiger partial charge in [-0.2, -0.15) is 0 Å². The summed E-state index contributed by atoms with van der Waals surface area (Å²) in [6.07, 6.45) is 4.75. The van der Waals surface area contributed by atoms with Crippen molar-refractivity contribution in [3.63, 3.8) is 0 Å². The van der Waals surface area contributed by atoms with Gasteiger partial charge >= 0.3 is 5.97 Å². The van der Waals surface area contributed by atoms with Crippen LogP contribution in [0.4, 0.5) is 0 Å². The number of benzene rings is 1. The standard InChI is InChI=1S/C18H25NO5/c1-23-16-7-5-13(6-8-17(21)22)15(18(16)24-2)11-14(20)12-19-9-3-4-10-19/h5-8,14,20H,3-4,9-12H2,1-2H3,(H,21,22)/b8-6+. The number of nitrogens with zero attached hydrogens (tertiary/aromatic N) is 1. The van der Waals surface area contributed by atoms with Crippen LogP contribution in [0.25, 0.3) is 6.08 Å². The largest absolute Gasteiger partial charge is 0.493 e. The number of carboxylic acid groups (broad SMARTS) is 1. The molecule has 1 unspecified atom stereocenters. The number of aliphatic hydroxyl groups excluding tert-OH is 1. The van der Waals surface area contributed by atoms with Crippen LogP contribution in [0.3, 0.4) is 0 Å². The van der Waals surface area contributed by atoms with Gasteiger partial charge in [-0.15, -0.1) is 0 Å². The molecule has 1 aliphatic heterocycles. The van der Waals surface area contributed by atoms with Crippen molar-refractivity contribution in [1.82, 2.24) is 4.90 Å². The van der Waals surface area contributed by atoms with Crippen molar-refractivity contribution in [2.24, 2.45) is 0 Å². The monoisotopic (exact) mass is 335 g/mol. The lowest BCUT2D eigenvalue weighted by molar-refractivity contribution is -0.131. The van der Waals surface area contributed by atoms with Crippen molar-refractivity contribution in [3.8, 4) is 11.5 Å². The summed E-state index contributed by atoms with van der Waals surface area (Å²) in [7, 11) is 3.09. The smallest absolute Gasteiger partial charge is 0.328 e. The van der Waals surface area contributed by atoms with Crippen LogP contribution in [0.2, 0.25) is 0 Å². The molecule has 1 fully saturated rings. The fourth-order valence-corrected chi connectivity index (χ4v) is 3.10. The molecule has 1 atom stereocenters. The summed E-state index contributed by atoms with van der Waals surface area (Å²) in [6, 6.07) is 3.51. The topological polar surface area (TPSA) is 79.2 Å². The zero-order valence-electron chi connectivity index (χ0n) is 14.2. The van der Waals surface area contributed by atoms with E-state index in [1.54, 1.807) is 26.4 Å². The van der Waals surface area contributed by atoms with Crippen LogP contribution in [0, 0.1) is 0 Å². The van der Waals surface area contributed by atoms with Gasteiger partial charge in [-0.1, -0.05) is 6.07 Å².